The highest BCUT2D eigenvalue weighted by atomic mass is 32.1. The van der Waals surface area contributed by atoms with E-state index in [1.54, 1.807) is 14.2 Å². The Bertz CT molecular complexity index is 429. The van der Waals surface area contributed by atoms with Gasteiger partial charge in [-0.15, -0.1) is 0 Å². The van der Waals surface area contributed by atoms with Crippen molar-refractivity contribution < 1.29 is 9.47 Å². The minimum Gasteiger partial charge on any atom is -0.388 e. The summed E-state index contributed by atoms with van der Waals surface area (Å²) in [6, 6.07) is 5.65. The predicted octanol–water partition coefficient (Wildman–Crippen LogP) is 0.566. The molecule has 2 atom stereocenters. The summed E-state index contributed by atoms with van der Waals surface area (Å²) in [5, 5.41) is 0. The van der Waals surface area contributed by atoms with Crippen LogP contribution in [-0.2, 0) is 9.47 Å². The van der Waals surface area contributed by atoms with Crippen LogP contribution in [0.2, 0.25) is 0 Å². The van der Waals surface area contributed by atoms with E-state index in [9.17, 15) is 0 Å². The normalized spacial score (nSPS) is 23.3. The standard InChI is InChI=1S/C12H17N3O2S/c1-16-9-6-15(7-10(9)17-2)11-5-3-4-8(14-11)12(13)18/h3-5,9-10H,6-7H2,1-2H3,(H2,13,18). The molecule has 2 unspecified atom stereocenters. The third kappa shape index (κ3) is 2.60. The first-order chi connectivity index (χ1) is 8.65. The number of nitrogens with zero attached hydrogens (tertiary/aromatic N) is 2. The highest BCUT2D eigenvalue weighted by Gasteiger charge is 2.33. The molecule has 1 fully saturated rings. The van der Waals surface area contributed by atoms with E-state index in [1.165, 1.54) is 0 Å². The Labute approximate surface area is 112 Å². The molecule has 1 aliphatic rings. The van der Waals surface area contributed by atoms with E-state index < -0.39 is 0 Å². The van der Waals surface area contributed by atoms with E-state index in [4.69, 9.17) is 27.4 Å². The lowest BCUT2D eigenvalue weighted by atomic mass is 10.3. The molecule has 0 aromatic carbocycles. The van der Waals surface area contributed by atoms with Crippen LogP contribution >= 0.6 is 12.2 Å². The molecule has 0 bridgehead atoms. The number of rotatable bonds is 4. The Balaban J connectivity index is 2.18. The van der Waals surface area contributed by atoms with Crippen LogP contribution in [-0.4, -0.2) is 49.5 Å². The van der Waals surface area contributed by atoms with Crippen molar-refractivity contribution in [2.75, 3.05) is 32.2 Å². The molecule has 1 aliphatic heterocycles. The van der Waals surface area contributed by atoms with Gasteiger partial charge in [-0.1, -0.05) is 18.3 Å². The Hall–Kier alpha value is -1.24. The average molecular weight is 267 g/mol. The van der Waals surface area contributed by atoms with Gasteiger partial charge in [-0.05, 0) is 12.1 Å². The summed E-state index contributed by atoms with van der Waals surface area (Å²) in [5.74, 6) is 0.849. The molecule has 6 heteroatoms. The number of pyridine rings is 1. The largest absolute Gasteiger partial charge is 0.388 e. The lowest BCUT2D eigenvalue weighted by Crippen LogP contribution is -2.27. The van der Waals surface area contributed by atoms with E-state index in [2.05, 4.69) is 9.88 Å². The highest BCUT2D eigenvalue weighted by Crippen LogP contribution is 2.21. The Morgan fingerprint density at radius 1 is 1.33 bits per heavy atom. The van der Waals surface area contributed by atoms with Gasteiger partial charge in [0.15, 0.2) is 0 Å². The van der Waals surface area contributed by atoms with Crippen LogP contribution in [0.4, 0.5) is 5.82 Å². The SMILES string of the molecule is COC1CN(c2cccc(C(N)=S)n2)CC1OC. The van der Waals surface area contributed by atoms with Gasteiger partial charge in [0.05, 0.1) is 5.69 Å². The van der Waals surface area contributed by atoms with Crippen LogP contribution in [0.1, 0.15) is 5.69 Å². The van der Waals surface area contributed by atoms with Gasteiger partial charge in [-0.2, -0.15) is 0 Å². The molecule has 2 rings (SSSR count). The lowest BCUT2D eigenvalue weighted by molar-refractivity contribution is -0.00461. The summed E-state index contributed by atoms with van der Waals surface area (Å²) in [4.78, 5) is 6.86. The zero-order valence-electron chi connectivity index (χ0n) is 10.5. The third-order valence-electron chi connectivity index (χ3n) is 3.13. The maximum atomic E-state index is 5.59. The second-order valence-electron chi connectivity index (χ2n) is 4.20. The van der Waals surface area contributed by atoms with Crippen LogP contribution in [0.5, 0.6) is 0 Å². The van der Waals surface area contributed by atoms with E-state index in [0.717, 1.165) is 18.9 Å². The summed E-state index contributed by atoms with van der Waals surface area (Å²) < 4.78 is 10.8. The minimum absolute atomic E-state index is 0.0604. The van der Waals surface area contributed by atoms with Crippen LogP contribution in [0, 0.1) is 0 Å². The molecule has 98 valence electrons. The van der Waals surface area contributed by atoms with E-state index in [0.29, 0.717) is 10.7 Å². The molecule has 18 heavy (non-hydrogen) atoms. The fourth-order valence-electron chi connectivity index (χ4n) is 2.12. The van der Waals surface area contributed by atoms with Crippen molar-refractivity contribution >= 4 is 23.0 Å². The highest BCUT2D eigenvalue weighted by molar-refractivity contribution is 7.80. The average Bonchev–Trinajstić information content (AvgIpc) is 2.82. The maximum absolute atomic E-state index is 5.59. The van der Waals surface area contributed by atoms with Crippen LogP contribution in [0.25, 0.3) is 0 Å². The molecule has 0 radical (unpaired) electrons. The molecule has 1 saturated heterocycles. The van der Waals surface area contributed by atoms with Gasteiger partial charge in [-0.25, -0.2) is 4.98 Å². The first kappa shape index (κ1) is 13.2. The van der Waals surface area contributed by atoms with Gasteiger partial charge >= 0.3 is 0 Å². The fraction of sp³-hybridized carbons (Fsp3) is 0.500. The first-order valence-electron chi connectivity index (χ1n) is 5.73. The molecule has 1 aromatic heterocycles. The van der Waals surface area contributed by atoms with Gasteiger partial charge in [0.25, 0.3) is 0 Å². The van der Waals surface area contributed by atoms with Crippen LogP contribution in [0.15, 0.2) is 18.2 Å². The van der Waals surface area contributed by atoms with Crippen molar-refractivity contribution in [2.24, 2.45) is 5.73 Å². The van der Waals surface area contributed by atoms with E-state index in [1.807, 2.05) is 18.2 Å². The number of hydrogen-bond acceptors (Lipinski definition) is 5. The Morgan fingerprint density at radius 3 is 2.44 bits per heavy atom. The molecule has 0 saturated carbocycles. The number of hydrogen-bond donors (Lipinski definition) is 1. The monoisotopic (exact) mass is 267 g/mol. The van der Waals surface area contributed by atoms with Crippen LogP contribution < -0.4 is 10.6 Å². The number of nitrogens with two attached hydrogens (primary N) is 1. The molecule has 5 nitrogen and oxygen atoms in total. The number of thiocarbonyl (C=S) groups is 1. The molecule has 0 spiro atoms. The van der Waals surface area contributed by atoms with Gasteiger partial charge in [0.1, 0.15) is 23.0 Å². The fourth-order valence-corrected chi connectivity index (χ4v) is 2.23. The van der Waals surface area contributed by atoms with Crippen molar-refractivity contribution in [3.63, 3.8) is 0 Å². The zero-order valence-corrected chi connectivity index (χ0v) is 11.3. The van der Waals surface area contributed by atoms with Gasteiger partial charge < -0.3 is 20.1 Å². The van der Waals surface area contributed by atoms with Gasteiger partial charge in [0.2, 0.25) is 0 Å². The Morgan fingerprint density at radius 2 is 1.94 bits per heavy atom. The smallest absolute Gasteiger partial charge is 0.129 e. The second-order valence-corrected chi connectivity index (χ2v) is 4.64. The maximum Gasteiger partial charge on any atom is 0.129 e. The second kappa shape index (κ2) is 5.60. The van der Waals surface area contributed by atoms with Crippen LogP contribution in [0.3, 0.4) is 0 Å². The molecule has 0 amide bonds. The lowest BCUT2D eigenvalue weighted by Gasteiger charge is -2.17. The third-order valence-corrected chi connectivity index (χ3v) is 3.34. The molecular formula is C12H17N3O2S. The molecular weight excluding hydrogens is 250 g/mol. The summed E-state index contributed by atoms with van der Waals surface area (Å²) in [6.07, 6.45) is 0.121. The predicted molar refractivity (Wildman–Crippen MR) is 73.9 cm³/mol. The topological polar surface area (TPSA) is 60.6 Å². The van der Waals surface area contributed by atoms with E-state index in [-0.39, 0.29) is 12.2 Å². The molecule has 2 N–H and O–H groups in total. The van der Waals surface area contributed by atoms with Crippen molar-refractivity contribution in [2.45, 2.75) is 12.2 Å². The summed E-state index contributed by atoms with van der Waals surface area (Å²) >= 11 is 4.94. The zero-order chi connectivity index (χ0) is 13.1. The number of anilines is 1. The van der Waals surface area contributed by atoms with Crippen molar-refractivity contribution in [3.8, 4) is 0 Å². The van der Waals surface area contributed by atoms with Crippen molar-refractivity contribution in [1.82, 2.24) is 4.98 Å². The van der Waals surface area contributed by atoms with Crippen molar-refractivity contribution in [3.05, 3.63) is 23.9 Å². The van der Waals surface area contributed by atoms with Gasteiger partial charge in [0, 0.05) is 27.3 Å². The minimum atomic E-state index is 0.0604. The van der Waals surface area contributed by atoms with E-state index >= 15 is 0 Å². The summed E-state index contributed by atoms with van der Waals surface area (Å²) in [7, 11) is 3.39. The molecule has 1 aromatic rings. The molecule has 2 heterocycles. The first-order valence-corrected chi connectivity index (χ1v) is 6.14. The quantitative estimate of drug-likeness (QED) is 0.805. The molecule has 0 aliphatic carbocycles. The number of ether oxygens (including phenoxy) is 2. The Kier molecular flexibility index (Phi) is 4.11. The summed E-state index contributed by atoms with van der Waals surface area (Å²) in [6.45, 7) is 1.51. The number of methoxy groups -OCH3 is 2. The van der Waals surface area contributed by atoms with Crippen molar-refractivity contribution in [1.29, 1.82) is 0 Å². The summed E-state index contributed by atoms with van der Waals surface area (Å²) in [5.41, 5.74) is 6.23. The van der Waals surface area contributed by atoms with Gasteiger partial charge in [-0.3, -0.25) is 0 Å². The number of aromatic nitrogens is 1.